The van der Waals surface area contributed by atoms with Crippen molar-refractivity contribution >= 4 is 17.8 Å². The van der Waals surface area contributed by atoms with Crippen LogP contribution < -0.4 is 5.32 Å². The molecule has 1 aliphatic rings. The summed E-state index contributed by atoms with van der Waals surface area (Å²) in [7, 11) is 2.96. The van der Waals surface area contributed by atoms with Crippen LogP contribution in [0.15, 0.2) is 60.7 Å². The fourth-order valence-corrected chi connectivity index (χ4v) is 3.12. The number of nitrogens with zero attached hydrogens (tertiary/aromatic N) is 2. The molecule has 1 atom stereocenters. The minimum atomic E-state index is -0.764. The second-order valence-corrected chi connectivity index (χ2v) is 6.33. The first-order chi connectivity index (χ1) is 12.5. The lowest BCUT2D eigenvalue weighted by atomic mass is 9.98. The van der Waals surface area contributed by atoms with E-state index in [1.54, 1.807) is 0 Å². The van der Waals surface area contributed by atoms with E-state index >= 15 is 0 Å². The lowest BCUT2D eigenvalue weighted by Gasteiger charge is -2.22. The van der Waals surface area contributed by atoms with Gasteiger partial charge in [-0.1, -0.05) is 60.7 Å². The molecule has 2 aromatic carbocycles. The van der Waals surface area contributed by atoms with Gasteiger partial charge in [0.2, 0.25) is 5.91 Å². The zero-order chi connectivity index (χ0) is 18.7. The van der Waals surface area contributed by atoms with Crippen molar-refractivity contribution in [3.8, 4) is 0 Å². The Morgan fingerprint density at radius 1 is 0.962 bits per heavy atom. The number of benzene rings is 2. The lowest BCUT2D eigenvalue weighted by molar-refractivity contribution is -0.131. The first-order valence-electron chi connectivity index (χ1n) is 8.42. The van der Waals surface area contributed by atoms with Crippen LogP contribution in [0.1, 0.15) is 23.6 Å². The average molecular weight is 351 g/mol. The van der Waals surface area contributed by atoms with Gasteiger partial charge in [-0.3, -0.25) is 14.5 Å². The molecule has 0 aliphatic carbocycles. The van der Waals surface area contributed by atoms with Crippen LogP contribution in [0.25, 0.3) is 0 Å². The zero-order valence-electron chi connectivity index (χ0n) is 14.8. The van der Waals surface area contributed by atoms with Gasteiger partial charge in [0.15, 0.2) is 0 Å². The Labute approximate surface area is 152 Å². The first-order valence-corrected chi connectivity index (χ1v) is 8.42. The van der Waals surface area contributed by atoms with Gasteiger partial charge in [-0.2, -0.15) is 0 Å². The third-order valence-electron chi connectivity index (χ3n) is 4.62. The lowest BCUT2D eigenvalue weighted by Crippen LogP contribution is -2.38. The Morgan fingerprint density at radius 2 is 1.46 bits per heavy atom. The molecule has 26 heavy (non-hydrogen) atoms. The second-order valence-electron chi connectivity index (χ2n) is 6.33. The van der Waals surface area contributed by atoms with Crippen molar-refractivity contribution in [2.75, 3.05) is 14.1 Å². The van der Waals surface area contributed by atoms with Crippen molar-refractivity contribution in [1.82, 2.24) is 15.1 Å². The number of rotatable bonds is 5. The average Bonchev–Trinajstić information content (AvgIpc) is 2.85. The standard InChI is InChI=1S/C20H21N3O3/c1-22-16(19(25)23(2)20(22)26)13-17(24)21-18(14-9-5-3-6-10-14)15-11-7-4-8-12-15/h3-12,16,18H,13H2,1-2H3,(H,21,24)/t16-/m1/s1. The monoisotopic (exact) mass is 351 g/mol. The molecule has 134 valence electrons. The predicted molar refractivity (Wildman–Crippen MR) is 97.2 cm³/mol. The molecular formula is C20H21N3O3. The molecule has 0 unspecified atom stereocenters. The van der Waals surface area contributed by atoms with Gasteiger partial charge in [0.05, 0.1) is 12.5 Å². The van der Waals surface area contributed by atoms with E-state index in [0.717, 1.165) is 16.0 Å². The van der Waals surface area contributed by atoms with E-state index in [-0.39, 0.29) is 24.3 Å². The summed E-state index contributed by atoms with van der Waals surface area (Å²) in [6, 6.07) is 17.8. The summed E-state index contributed by atoms with van der Waals surface area (Å²) in [6.45, 7) is 0. The molecule has 0 radical (unpaired) electrons. The highest BCUT2D eigenvalue weighted by atomic mass is 16.2. The summed E-state index contributed by atoms with van der Waals surface area (Å²) in [5.74, 6) is -0.639. The van der Waals surface area contributed by atoms with Crippen LogP contribution in [-0.4, -0.2) is 47.8 Å². The van der Waals surface area contributed by atoms with Crippen molar-refractivity contribution in [2.24, 2.45) is 0 Å². The summed E-state index contributed by atoms with van der Waals surface area (Å²) in [6.07, 6.45) is -0.0679. The van der Waals surface area contributed by atoms with Crippen LogP contribution in [0.2, 0.25) is 0 Å². The Kier molecular flexibility index (Phi) is 5.02. The van der Waals surface area contributed by atoms with Crippen LogP contribution >= 0.6 is 0 Å². The number of imide groups is 1. The summed E-state index contributed by atoms with van der Waals surface area (Å²) in [4.78, 5) is 39.0. The topological polar surface area (TPSA) is 69.7 Å². The Bertz CT molecular complexity index is 768. The number of amides is 4. The second kappa shape index (κ2) is 7.39. The normalized spacial score (nSPS) is 17.1. The highest BCUT2D eigenvalue weighted by Crippen LogP contribution is 2.23. The van der Waals surface area contributed by atoms with Gasteiger partial charge in [-0.05, 0) is 11.1 Å². The zero-order valence-corrected chi connectivity index (χ0v) is 14.8. The first kappa shape index (κ1) is 17.7. The van der Waals surface area contributed by atoms with Crippen molar-refractivity contribution in [3.63, 3.8) is 0 Å². The number of hydrogen-bond acceptors (Lipinski definition) is 3. The molecule has 0 aromatic heterocycles. The molecule has 1 aliphatic heterocycles. The van der Waals surface area contributed by atoms with E-state index < -0.39 is 12.1 Å². The van der Waals surface area contributed by atoms with E-state index in [1.807, 2.05) is 60.7 Å². The van der Waals surface area contributed by atoms with Crippen molar-refractivity contribution in [1.29, 1.82) is 0 Å². The maximum atomic E-state index is 12.6. The van der Waals surface area contributed by atoms with E-state index in [1.165, 1.54) is 19.0 Å². The molecule has 1 fully saturated rings. The van der Waals surface area contributed by atoms with Gasteiger partial charge < -0.3 is 10.2 Å². The van der Waals surface area contributed by atoms with E-state index in [0.29, 0.717) is 0 Å². The molecule has 0 spiro atoms. The molecule has 6 nitrogen and oxygen atoms in total. The molecular weight excluding hydrogens is 330 g/mol. The number of carbonyl (C=O) groups excluding carboxylic acids is 3. The number of nitrogens with one attached hydrogen (secondary N) is 1. The third-order valence-corrected chi connectivity index (χ3v) is 4.62. The molecule has 0 saturated carbocycles. The Morgan fingerprint density at radius 3 is 1.88 bits per heavy atom. The fourth-order valence-electron chi connectivity index (χ4n) is 3.12. The minimum Gasteiger partial charge on any atom is -0.345 e. The molecule has 1 N–H and O–H groups in total. The molecule has 6 heteroatoms. The molecule has 0 bridgehead atoms. The molecule has 4 amide bonds. The summed E-state index contributed by atoms with van der Waals surface area (Å²) < 4.78 is 0. The minimum absolute atomic E-state index is 0.0679. The summed E-state index contributed by atoms with van der Waals surface area (Å²) >= 11 is 0. The Hall–Kier alpha value is -3.15. The van der Waals surface area contributed by atoms with Crippen LogP contribution in [-0.2, 0) is 9.59 Å². The van der Waals surface area contributed by atoms with Crippen LogP contribution in [0.4, 0.5) is 4.79 Å². The van der Waals surface area contributed by atoms with Crippen molar-refractivity contribution in [2.45, 2.75) is 18.5 Å². The summed E-state index contributed by atoms with van der Waals surface area (Å²) in [5.41, 5.74) is 1.90. The SMILES string of the molecule is CN1C(=O)[C@@H](CC(=O)NC(c2ccccc2)c2ccccc2)N(C)C1=O. The van der Waals surface area contributed by atoms with Gasteiger partial charge in [0.1, 0.15) is 6.04 Å². The highest BCUT2D eigenvalue weighted by molar-refractivity contribution is 6.05. The maximum Gasteiger partial charge on any atom is 0.326 e. The number of hydrogen-bond donors (Lipinski definition) is 1. The fraction of sp³-hybridized carbons (Fsp3) is 0.250. The van der Waals surface area contributed by atoms with Gasteiger partial charge in [-0.25, -0.2) is 4.79 Å². The van der Waals surface area contributed by atoms with Crippen LogP contribution in [0.3, 0.4) is 0 Å². The smallest absolute Gasteiger partial charge is 0.326 e. The predicted octanol–water partition coefficient (Wildman–Crippen LogP) is 2.17. The number of likely N-dealkylation sites (N-methyl/N-ethyl adjacent to an activating group) is 2. The molecule has 2 aromatic rings. The molecule has 3 rings (SSSR count). The molecule has 1 heterocycles. The quantitative estimate of drug-likeness (QED) is 0.840. The highest BCUT2D eigenvalue weighted by Gasteiger charge is 2.41. The number of carbonyl (C=O) groups is 3. The van der Waals surface area contributed by atoms with Gasteiger partial charge >= 0.3 is 6.03 Å². The van der Waals surface area contributed by atoms with Gasteiger partial charge in [0.25, 0.3) is 5.91 Å². The van der Waals surface area contributed by atoms with E-state index in [2.05, 4.69) is 5.32 Å². The van der Waals surface area contributed by atoms with Crippen LogP contribution in [0.5, 0.6) is 0 Å². The van der Waals surface area contributed by atoms with E-state index in [9.17, 15) is 14.4 Å². The van der Waals surface area contributed by atoms with Crippen molar-refractivity contribution < 1.29 is 14.4 Å². The Balaban J connectivity index is 1.78. The van der Waals surface area contributed by atoms with Crippen LogP contribution in [0, 0.1) is 0 Å². The molecule has 1 saturated heterocycles. The third kappa shape index (κ3) is 3.44. The maximum absolute atomic E-state index is 12.6. The largest absolute Gasteiger partial charge is 0.345 e. The number of urea groups is 1. The van der Waals surface area contributed by atoms with E-state index in [4.69, 9.17) is 0 Å². The van der Waals surface area contributed by atoms with Gasteiger partial charge in [-0.15, -0.1) is 0 Å². The van der Waals surface area contributed by atoms with Gasteiger partial charge in [0, 0.05) is 14.1 Å². The summed E-state index contributed by atoms with van der Waals surface area (Å²) in [5, 5.41) is 3.00. The van der Waals surface area contributed by atoms with Crippen molar-refractivity contribution in [3.05, 3.63) is 71.8 Å².